The van der Waals surface area contributed by atoms with Gasteiger partial charge in [0.15, 0.2) is 0 Å². The largest absolute Gasteiger partial charge is 0.384 e. The molecule has 0 bridgehead atoms. The summed E-state index contributed by atoms with van der Waals surface area (Å²) in [6.45, 7) is 1.52. The number of benzene rings is 1. The number of amides is 2. The number of pyridine rings is 1. The molecule has 0 saturated carbocycles. The van der Waals surface area contributed by atoms with Gasteiger partial charge in [0, 0.05) is 52.3 Å². The van der Waals surface area contributed by atoms with Crippen molar-refractivity contribution < 1.29 is 14.3 Å². The molecule has 0 N–H and O–H groups in total. The van der Waals surface area contributed by atoms with Gasteiger partial charge in [0.2, 0.25) is 11.8 Å². The highest BCUT2D eigenvalue weighted by Crippen LogP contribution is 2.38. The van der Waals surface area contributed by atoms with Crippen molar-refractivity contribution in [2.45, 2.75) is 25.7 Å². The Bertz CT molecular complexity index is 869. The number of ether oxygens (including phenoxy) is 1. The molecule has 160 valence electrons. The molecular weight excluding hydrogens is 378 g/mol. The van der Waals surface area contributed by atoms with Crippen LogP contribution in [0.2, 0.25) is 0 Å². The van der Waals surface area contributed by atoms with Gasteiger partial charge in [0.05, 0.1) is 18.4 Å². The Labute approximate surface area is 178 Å². The van der Waals surface area contributed by atoms with E-state index >= 15 is 0 Å². The maximum atomic E-state index is 13.4. The first-order chi connectivity index (χ1) is 14.5. The number of methoxy groups -OCH3 is 1. The Hall–Kier alpha value is -2.73. The second-order valence-corrected chi connectivity index (χ2v) is 8.22. The van der Waals surface area contributed by atoms with E-state index in [9.17, 15) is 9.59 Å². The Morgan fingerprint density at radius 1 is 1.20 bits per heavy atom. The number of carbonyl (C=O) groups is 2. The molecule has 0 unspecified atom stereocenters. The van der Waals surface area contributed by atoms with E-state index in [4.69, 9.17) is 4.74 Å². The molecule has 1 saturated heterocycles. The number of rotatable bonds is 7. The molecule has 1 aromatic carbocycles. The number of carbonyl (C=O) groups excluding carboxylic acids is 2. The molecule has 30 heavy (non-hydrogen) atoms. The lowest BCUT2D eigenvalue weighted by molar-refractivity contribution is -0.147. The number of nitrogens with zero attached hydrogens (tertiary/aromatic N) is 3. The smallest absolute Gasteiger partial charge is 0.230 e. The summed E-state index contributed by atoms with van der Waals surface area (Å²) in [4.78, 5) is 33.9. The van der Waals surface area contributed by atoms with Gasteiger partial charge >= 0.3 is 0 Å². The lowest BCUT2D eigenvalue weighted by Crippen LogP contribution is -2.54. The third-order valence-electron chi connectivity index (χ3n) is 5.83. The summed E-state index contributed by atoms with van der Waals surface area (Å²) >= 11 is 0. The fourth-order valence-corrected chi connectivity index (χ4v) is 4.40. The third kappa shape index (κ3) is 4.87. The fraction of sp³-hybridized carbons (Fsp3) is 0.458. The second kappa shape index (κ2) is 9.85. The minimum Gasteiger partial charge on any atom is -0.384 e. The van der Waals surface area contributed by atoms with Crippen LogP contribution in [0.1, 0.15) is 24.8 Å². The summed E-state index contributed by atoms with van der Waals surface area (Å²) in [5, 5.41) is 0. The first-order valence-corrected chi connectivity index (χ1v) is 10.4. The van der Waals surface area contributed by atoms with Gasteiger partial charge in [0.1, 0.15) is 0 Å². The summed E-state index contributed by atoms with van der Waals surface area (Å²) in [6, 6.07) is 12.1. The maximum Gasteiger partial charge on any atom is 0.230 e. The highest BCUT2D eigenvalue weighted by molar-refractivity contribution is 5.85. The van der Waals surface area contributed by atoms with Gasteiger partial charge in [0.25, 0.3) is 0 Å². The zero-order chi connectivity index (χ0) is 21.6. The summed E-state index contributed by atoms with van der Waals surface area (Å²) < 4.78 is 5.07. The van der Waals surface area contributed by atoms with Crippen LogP contribution in [0.5, 0.6) is 0 Å². The maximum absolute atomic E-state index is 13.4. The highest BCUT2D eigenvalue weighted by atomic mass is 16.5. The average molecular weight is 410 g/mol. The van der Waals surface area contributed by atoms with E-state index in [1.54, 1.807) is 32.3 Å². The zero-order valence-electron chi connectivity index (χ0n) is 18.1. The van der Waals surface area contributed by atoms with Crippen LogP contribution in [0.3, 0.4) is 0 Å². The summed E-state index contributed by atoms with van der Waals surface area (Å²) in [6.07, 6.45) is 6.11. The Balaban J connectivity index is 1.94. The van der Waals surface area contributed by atoms with Crippen LogP contribution in [0.25, 0.3) is 11.1 Å². The van der Waals surface area contributed by atoms with E-state index in [1.165, 1.54) is 0 Å². The monoisotopic (exact) mass is 409 g/mol. The van der Waals surface area contributed by atoms with Gasteiger partial charge in [-0.05, 0) is 36.5 Å². The molecule has 1 aliphatic rings. The minimum atomic E-state index is -0.636. The number of likely N-dealkylation sites (tertiary alicyclic amines) is 1. The first kappa shape index (κ1) is 22.0. The molecule has 1 atom stereocenters. The van der Waals surface area contributed by atoms with E-state index in [0.29, 0.717) is 32.5 Å². The molecule has 6 nitrogen and oxygen atoms in total. The molecule has 0 aliphatic carbocycles. The molecule has 1 aliphatic heterocycles. The Morgan fingerprint density at radius 3 is 2.70 bits per heavy atom. The van der Waals surface area contributed by atoms with E-state index < -0.39 is 5.41 Å². The van der Waals surface area contributed by atoms with E-state index in [0.717, 1.165) is 29.5 Å². The van der Waals surface area contributed by atoms with Gasteiger partial charge in [-0.2, -0.15) is 0 Å². The molecule has 3 rings (SSSR count). The molecule has 2 heterocycles. The van der Waals surface area contributed by atoms with Gasteiger partial charge in [-0.1, -0.05) is 30.3 Å². The fourth-order valence-electron chi connectivity index (χ4n) is 4.40. The number of piperidine rings is 1. The van der Waals surface area contributed by atoms with Gasteiger partial charge in [-0.3, -0.25) is 14.6 Å². The van der Waals surface area contributed by atoms with Crippen LogP contribution in [-0.2, 0) is 20.7 Å². The molecular formula is C24H31N3O3. The topological polar surface area (TPSA) is 62.7 Å². The van der Waals surface area contributed by atoms with Crippen LogP contribution >= 0.6 is 0 Å². The van der Waals surface area contributed by atoms with Crippen molar-refractivity contribution in [1.29, 1.82) is 0 Å². The van der Waals surface area contributed by atoms with Crippen LogP contribution in [-0.4, -0.2) is 67.5 Å². The standard InChI is InChI=1S/C24H31N3O3/c1-26(2)23(29)24(12-7-14-27(18-24)22(28)11-15-30-3)16-19-8-4-5-10-21(19)20-9-6-13-25-17-20/h4-6,8-10,13,17H,7,11-12,14-16,18H2,1-3H3/t24-/m1/s1. The molecule has 0 radical (unpaired) electrons. The van der Waals surface area contributed by atoms with Crippen LogP contribution in [0.15, 0.2) is 48.8 Å². The van der Waals surface area contributed by atoms with Gasteiger partial charge < -0.3 is 14.5 Å². The lowest BCUT2D eigenvalue weighted by Gasteiger charge is -2.43. The lowest BCUT2D eigenvalue weighted by atomic mass is 9.73. The number of hydrogen-bond donors (Lipinski definition) is 0. The predicted octanol–water partition coefficient (Wildman–Crippen LogP) is 3.02. The number of hydrogen-bond acceptors (Lipinski definition) is 4. The van der Waals surface area contributed by atoms with Crippen molar-refractivity contribution in [2.75, 3.05) is 40.9 Å². The van der Waals surface area contributed by atoms with Crippen LogP contribution in [0, 0.1) is 5.41 Å². The van der Waals surface area contributed by atoms with E-state index in [1.807, 2.05) is 35.4 Å². The molecule has 2 aromatic rings. The molecule has 6 heteroatoms. The minimum absolute atomic E-state index is 0.0491. The Morgan fingerprint density at radius 2 is 2.00 bits per heavy atom. The predicted molar refractivity (Wildman–Crippen MR) is 117 cm³/mol. The normalized spacial score (nSPS) is 18.8. The van der Waals surface area contributed by atoms with Gasteiger partial charge in [-0.15, -0.1) is 0 Å². The molecule has 1 fully saturated rings. The summed E-state index contributed by atoms with van der Waals surface area (Å²) in [5.74, 6) is 0.126. The first-order valence-electron chi connectivity index (χ1n) is 10.4. The third-order valence-corrected chi connectivity index (χ3v) is 5.83. The summed E-state index contributed by atoms with van der Waals surface area (Å²) in [7, 11) is 5.18. The van der Waals surface area contributed by atoms with Crippen molar-refractivity contribution in [2.24, 2.45) is 5.41 Å². The summed E-state index contributed by atoms with van der Waals surface area (Å²) in [5.41, 5.74) is 2.58. The Kier molecular flexibility index (Phi) is 7.21. The van der Waals surface area contributed by atoms with Crippen molar-refractivity contribution in [3.8, 4) is 11.1 Å². The average Bonchev–Trinajstić information content (AvgIpc) is 2.78. The van der Waals surface area contributed by atoms with Crippen molar-refractivity contribution in [1.82, 2.24) is 14.8 Å². The number of aromatic nitrogens is 1. The van der Waals surface area contributed by atoms with Gasteiger partial charge in [-0.25, -0.2) is 0 Å². The van der Waals surface area contributed by atoms with E-state index in [-0.39, 0.29) is 11.8 Å². The highest BCUT2D eigenvalue weighted by Gasteiger charge is 2.44. The SMILES string of the molecule is COCCC(=O)N1CCC[C@](Cc2ccccc2-c2cccnc2)(C(=O)N(C)C)C1. The quantitative estimate of drug-likeness (QED) is 0.705. The molecule has 0 spiro atoms. The zero-order valence-corrected chi connectivity index (χ0v) is 18.1. The second-order valence-electron chi connectivity index (χ2n) is 8.22. The van der Waals surface area contributed by atoms with E-state index in [2.05, 4.69) is 17.1 Å². The molecule has 1 aromatic heterocycles. The van der Waals surface area contributed by atoms with Crippen LogP contribution in [0.4, 0.5) is 0 Å². The van der Waals surface area contributed by atoms with Crippen molar-refractivity contribution >= 4 is 11.8 Å². The molecule has 2 amide bonds. The van der Waals surface area contributed by atoms with Crippen molar-refractivity contribution in [3.63, 3.8) is 0 Å². The van der Waals surface area contributed by atoms with Crippen LogP contribution < -0.4 is 0 Å². The van der Waals surface area contributed by atoms with Crippen molar-refractivity contribution in [3.05, 3.63) is 54.4 Å².